The van der Waals surface area contributed by atoms with Crippen LogP contribution in [0.2, 0.25) is 0 Å². The van der Waals surface area contributed by atoms with Crippen molar-refractivity contribution in [3.05, 3.63) is 53.7 Å². The van der Waals surface area contributed by atoms with Crippen LogP contribution in [0.5, 0.6) is 6.01 Å². The summed E-state index contributed by atoms with van der Waals surface area (Å²) in [6.45, 7) is 10.7. The minimum absolute atomic E-state index is 0.00459. The van der Waals surface area contributed by atoms with Crippen molar-refractivity contribution in [3.8, 4) is 18.4 Å². The highest BCUT2D eigenvalue weighted by atomic mass is 19.1. The van der Waals surface area contributed by atoms with Crippen molar-refractivity contribution in [2.24, 2.45) is 5.41 Å². The molecule has 2 unspecified atom stereocenters. The molecule has 0 bridgehead atoms. The standard InChI is InChI=1S/C36H41F2N7O5/c1-4-25-27(37)7-6-23-16-35(3,47)20-45(31(23)25)33-29(38)30-26(17-39-33)32(44-12-15-49-19-24(18-44)40-28(46)5-2)42-34(41-30)50-22-36(8-9-36)21-43-10-13-48-14-11-43/h1,5-7,17,24,47H,2,8-16,18-22H2,3H3,(H,40,46). The van der Waals surface area contributed by atoms with Crippen LogP contribution in [0.3, 0.4) is 0 Å². The highest BCUT2D eigenvalue weighted by molar-refractivity contribution is 5.92. The summed E-state index contributed by atoms with van der Waals surface area (Å²) in [6.07, 6.45) is 10.6. The quantitative estimate of drug-likeness (QED) is 0.255. The number of carbonyl (C=O) groups is 1. The van der Waals surface area contributed by atoms with Crippen molar-refractivity contribution in [2.45, 2.75) is 37.8 Å². The Labute approximate surface area is 289 Å². The lowest BCUT2D eigenvalue weighted by atomic mass is 9.88. The Hall–Kier alpha value is -4.42. The average molecular weight is 690 g/mol. The van der Waals surface area contributed by atoms with E-state index in [1.54, 1.807) is 13.0 Å². The summed E-state index contributed by atoms with van der Waals surface area (Å²) in [6, 6.07) is 2.39. The summed E-state index contributed by atoms with van der Waals surface area (Å²) in [5.74, 6) is 0.823. The number of terminal acetylenes is 1. The molecule has 1 amide bonds. The van der Waals surface area contributed by atoms with Gasteiger partial charge in [-0.15, -0.1) is 6.42 Å². The van der Waals surface area contributed by atoms with Gasteiger partial charge >= 0.3 is 6.01 Å². The van der Waals surface area contributed by atoms with Crippen LogP contribution in [0.4, 0.5) is 26.1 Å². The van der Waals surface area contributed by atoms with Gasteiger partial charge in [0.05, 0.1) is 67.9 Å². The Bertz CT molecular complexity index is 1840. The summed E-state index contributed by atoms with van der Waals surface area (Å²) in [7, 11) is 0. The molecule has 50 heavy (non-hydrogen) atoms. The Balaban J connectivity index is 1.29. The summed E-state index contributed by atoms with van der Waals surface area (Å²) in [5, 5.41) is 14.4. The molecule has 12 nitrogen and oxygen atoms in total. The van der Waals surface area contributed by atoms with Gasteiger partial charge in [0.2, 0.25) is 5.91 Å². The van der Waals surface area contributed by atoms with Crippen molar-refractivity contribution in [1.29, 1.82) is 0 Å². The molecule has 14 heteroatoms. The highest BCUT2D eigenvalue weighted by Gasteiger charge is 2.45. The Morgan fingerprint density at radius 1 is 1.20 bits per heavy atom. The number of halogens is 2. The van der Waals surface area contributed by atoms with Crippen molar-refractivity contribution in [1.82, 2.24) is 25.2 Å². The van der Waals surface area contributed by atoms with Crippen LogP contribution in [0.1, 0.15) is 30.9 Å². The van der Waals surface area contributed by atoms with E-state index in [1.807, 2.05) is 4.90 Å². The molecule has 3 aromatic rings. The first-order chi connectivity index (χ1) is 24.1. The van der Waals surface area contributed by atoms with Gasteiger partial charge in [-0.2, -0.15) is 9.97 Å². The number of ether oxygens (including phenoxy) is 3. The smallest absolute Gasteiger partial charge is 0.319 e. The fraction of sp³-hybridized carbons (Fsp3) is 0.500. The SMILES string of the molecule is C#Cc1c(F)ccc2c1N(c1ncc3c(N4CCOCC(NC(=O)C=C)C4)nc(OCC4(CN5CCOCC5)CC4)nc3c1F)CC(C)(O)C2. The van der Waals surface area contributed by atoms with E-state index in [0.717, 1.165) is 32.5 Å². The summed E-state index contributed by atoms with van der Waals surface area (Å²) >= 11 is 0. The summed E-state index contributed by atoms with van der Waals surface area (Å²) < 4.78 is 49.6. The molecule has 3 aliphatic heterocycles. The molecule has 264 valence electrons. The number of nitrogens with one attached hydrogen (secondary N) is 1. The van der Waals surface area contributed by atoms with Crippen LogP contribution in [0, 0.1) is 29.4 Å². The first-order valence-electron chi connectivity index (χ1n) is 16.9. The van der Waals surface area contributed by atoms with E-state index in [4.69, 9.17) is 25.6 Å². The van der Waals surface area contributed by atoms with Crippen molar-refractivity contribution < 1.29 is 32.9 Å². The third-order valence-electron chi connectivity index (χ3n) is 9.80. The van der Waals surface area contributed by atoms with Crippen LogP contribution in [0.25, 0.3) is 10.9 Å². The normalized spacial score (nSPS) is 23.5. The number of amides is 1. The first-order valence-corrected chi connectivity index (χ1v) is 16.9. The Morgan fingerprint density at radius 3 is 2.72 bits per heavy atom. The average Bonchev–Trinajstić information content (AvgIpc) is 3.91. The van der Waals surface area contributed by atoms with Crippen molar-refractivity contribution >= 4 is 34.1 Å². The number of hydrogen-bond donors (Lipinski definition) is 2. The monoisotopic (exact) mass is 689 g/mol. The van der Waals surface area contributed by atoms with E-state index in [9.17, 15) is 14.3 Å². The van der Waals surface area contributed by atoms with E-state index in [1.165, 1.54) is 23.2 Å². The number of pyridine rings is 1. The molecule has 2 N–H and O–H groups in total. The van der Waals surface area contributed by atoms with Gasteiger partial charge < -0.3 is 34.4 Å². The second kappa shape index (κ2) is 13.7. The highest BCUT2D eigenvalue weighted by Crippen LogP contribution is 2.47. The number of aromatic nitrogens is 3. The lowest BCUT2D eigenvalue weighted by Crippen LogP contribution is -2.45. The van der Waals surface area contributed by atoms with E-state index < -0.39 is 23.3 Å². The number of carbonyl (C=O) groups excluding carboxylic acids is 1. The van der Waals surface area contributed by atoms with Crippen molar-refractivity contribution in [2.75, 3.05) is 82.1 Å². The molecular weight excluding hydrogens is 648 g/mol. The van der Waals surface area contributed by atoms with E-state index in [0.29, 0.717) is 56.3 Å². The van der Waals surface area contributed by atoms with Crippen LogP contribution in [-0.2, 0) is 20.7 Å². The second-order valence-corrected chi connectivity index (χ2v) is 13.9. The molecule has 4 aliphatic rings. The van der Waals surface area contributed by atoms with Gasteiger partial charge in [0.15, 0.2) is 11.6 Å². The molecule has 1 aromatic carbocycles. The third-order valence-corrected chi connectivity index (χ3v) is 9.80. The molecule has 0 radical (unpaired) electrons. The maximum atomic E-state index is 17.0. The molecule has 1 aliphatic carbocycles. The summed E-state index contributed by atoms with van der Waals surface area (Å²) in [4.78, 5) is 31.8. The Kier molecular flexibility index (Phi) is 9.34. The summed E-state index contributed by atoms with van der Waals surface area (Å²) in [5.41, 5.74) is -0.612. The predicted molar refractivity (Wildman–Crippen MR) is 183 cm³/mol. The van der Waals surface area contributed by atoms with E-state index in [2.05, 4.69) is 32.7 Å². The maximum Gasteiger partial charge on any atom is 0.319 e. The molecule has 5 heterocycles. The third kappa shape index (κ3) is 6.96. The zero-order valence-corrected chi connectivity index (χ0v) is 28.1. The maximum absolute atomic E-state index is 17.0. The molecule has 2 aromatic heterocycles. The minimum atomic E-state index is -1.29. The fourth-order valence-electron chi connectivity index (χ4n) is 7.10. The molecule has 2 saturated heterocycles. The number of benzene rings is 1. The van der Waals surface area contributed by atoms with Gasteiger partial charge in [0.25, 0.3) is 0 Å². The first kappa shape index (κ1) is 34.0. The number of nitrogens with zero attached hydrogens (tertiary/aromatic N) is 6. The van der Waals surface area contributed by atoms with Crippen molar-refractivity contribution in [3.63, 3.8) is 0 Å². The lowest BCUT2D eigenvalue weighted by molar-refractivity contribution is -0.117. The molecule has 3 fully saturated rings. The fourth-order valence-corrected chi connectivity index (χ4v) is 7.10. The van der Waals surface area contributed by atoms with Gasteiger partial charge in [-0.05, 0) is 37.5 Å². The molecule has 0 spiro atoms. The van der Waals surface area contributed by atoms with Crippen LogP contribution in [-0.4, -0.2) is 115 Å². The van der Waals surface area contributed by atoms with Gasteiger partial charge in [0.1, 0.15) is 17.2 Å². The molecule has 1 saturated carbocycles. The molecular formula is C36H41F2N7O5. The zero-order valence-electron chi connectivity index (χ0n) is 28.1. The lowest BCUT2D eigenvalue weighted by Gasteiger charge is -2.39. The van der Waals surface area contributed by atoms with Gasteiger partial charge in [-0.25, -0.2) is 13.8 Å². The number of anilines is 3. The van der Waals surface area contributed by atoms with Crippen LogP contribution >= 0.6 is 0 Å². The van der Waals surface area contributed by atoms with Gasteiger partial charge in [-0.1, -0.05) is 18.6 Å². The number of fused-ring (bicyclic) bond motifs is 2. The molecule has 7 rings (SSSR count). The van der Waals surface area contributed by atoms with Crippen LogP contribution in [0.15, 0.2) is 31.0 Å². The van der Waals surface area contributed by atoms with Gasteiger partial charge in [-0.3, -0.25) is 9.69 Å². The minimum Gasteiger partial charge on any atom is -0.463 e. The van der Waals surface area contributed by atoms with E-state index in [-0.39, 0.29) is 59.5 Å². The van der Waals surface area contributed by atoms with E-state index >= 15 is 4.39 Å². The number of morpholine rings is 1. The van der Waals surface area contributed by atoms with Crippen LogP contribution < -0.4 is 19.9 Å². The number of aliphatic hydroxyl groups is 1. The largest absolute Gasteiger partial charge is 0.463 e. The van der Waals surface area contributed by atoms with Gasteiger partial charge in [0, 0.05) is 50.8 Å². The Morgan fingerprint density at radius 2 is 1.98 bits per heavy atom. The topological polar surface area (TPSA) is 125 Å². The zero-order chi connectivity index (χ0) is 35.0. The molecule has 2 atom stereocenters. The predicted octanol–water partition coefficient (Wildman–Crippen LogP) is 2.73. The number of rotatable bonds is 9. The second-order valence-electron chi connectivity index (χ2n) is 13.9. The number of β-amino-alcohol motifs (C(OH)–C–C–N with tert-alkyl or cyclic N) is 1. The number of hydrogen-bond acceptors (Lipinski definition) is 11.